The van der Waals surface area contributed by atoms with E-state index in [1.807, 2.05) is 0 Å². The lowest BCUT2D eigenvalue weighted by Crippen LogP contribution is -2.56. The van der Waals surface area contributed by atoms with Crippen LogP contribution in [0.15, 0.2) is 41.4 Å². The number of hydrogen-bond acceptors (Lipinski definition) is 4. The second kappa shape index (κ2) is 7.06. The molecular weight excluding hydrogens is 379 g/mol. The number of fused-ring (bicyclic) bond motifs is 1. The maximum atomic E-state index is 13.3. The highest BCUT2D eigenvalue weighted by atomic mass is 35.5. The minimum atomic E-state index is -4.64. The topological polar surface area (TPSA) is 76.3 Å². The normalized spacial score (nSPS) is 22.6. The number of sulfonamides is 1. The molecule has 0 amide bonds. The summed E-state index contributed by atoms with van der Waals surface area (Å²) in [6, 6.07) is 4.77. The van der Waals surface area contributed by atoms with Crippen molar-refractivity contribution in [3.05, 3.63) is 36.5 Å². The number of alkyl halides is 3. The molecule has 1 saturated heterocycles. The summed E-state index contributed by atoms with van der Waals surface area (Å²) in [4.78, 5) is 3.87. The third-order valence-corrected chi connectivity index (χ3v) is 6.08. The van der Waals surface area contributed by atoms with Crippen LogP contribution < -0.4 is 5.73 Å². The molecule has 0 radical (unpaired) electrons. The van der Waals surface area contributed by atoms with Crippen LogP contribution in [0, 0.1) is 0 Å². The lowest BCUT2D eigenvalue weighted by molar-refractivity contribution is -0.178. The molecule has 0 aliphatic carbocycles. The summed E-state index contributed by atoms with van der Waals surface area (Å²) >= 11 is 0. The van der Waals surface area contributed by atoms with E-state index in [-0.39, 0.29) is 36.7 Å². The first kappa shape index (κ1) is 19.9. The van der Waals surface area contributed by atoms with Crippen molar-refractivity contribution in [1.29, 1.82) is 0 Å². The van der Waals surface area contributed by atoms with Gasteiger partial charge in [0.15, 0.2) is 0 Å². The molecule has 1 aromatic heterocycles. The Balaban J connectivity index is 0.00000225. The first-order valence-corrected chi connectivity index (χ1v) is 8.83. The van der Waals surface area contributed by atoms with Gasteiger partial charge in [-0.15, -0.1) is 12.4 Å². The highest BCUT2D eigenvalue weighted by molar-refractivity contribution is 7.89. The van der Waals surface area contributed by atoms with Gasteiger partial charge in [-0.25, -0.2) is 8.42 Å². The van der Waals surface area contributed by atoms with Crippen LogP contribution in [0.2, 0.25) is 0 Å². The van der Waals surface area contributed by atoms with Crippen molar-refractivity contribution < 1.29 is 21.6 Å². The zero-order valence-corrected chi connectivity index (χ0v) is 14.6. The number of aromatic nitrogens is 1. The molecule has 0 bridgehead atoms. The van der Waals surface area contributed by atoms with E-state index in [2.05, 4.69) is 4.98 Å². The summed E-state index contributed by atoms with van der Waals surface area (Å²) in [5.41, 5.74) is 6.14. The van der Waals surface area contributed by atoms with Crippen molar-refractivity contribution in [1.82, 2.24) is 9.29 Å². The third kappa shape index (κ3) is 3.74. The monoisotopic (exact) mass is 395 g/mol. The average molecular weight is 396 g/mol. The number of nitrogens with two attached hydrogens (primary N) is 1. The van der Waals surface area contributed by atoms with E-state index in [4.69, 9.17) is 5.73 Å². The molecular formula is C15H17ClF3N3O2S. The molecule has 1 fully saturated rings. The Kier molecular flexibility index (Phi) is 5.62. The molecule has 25 heavy (non-hydrogen) atoms. The number of pyridine rings is 1. The summed E-state index contributed by atoms with van der Waals surface area (Å²) < 4.78 is 66.3. The van der Waals surface area contributed by atoms with Crippen LogP contribution in [0.25, 0.3) is 10.9 Å². The maximum absolute atomic E-state index is 13.3. The Bertz CT molecular complexity index is 855. The van der Waals surface area contributed by atoms with Crippen molar-refractivity contribution in [3.63, 3.8) is 0 Å². The molecule has 138 valence electrons. The Morgan fingerprint density at radius 2 is 1.88 bits per heavy atom. The van der Waals surface area contributed by atoms with Gasteiger partial charge < -0.3 is 5.73 Å². The third-order valence-electron chi connectivity index (χ3n) is 4.14. The van der Waals surface area contributed by atoms with Crippen LogP contribution in [0.4, 0.5) is 13.2 Å². The molecule has 1 aromatic carbocycles. The van der Waals surface area contributed by atoms with Gasteiger partial charge in [0.1, 0.15) is 6.04 Å². The van der Waals surface area contributed by atoms with E-state index in [9.17, 15) is 21.6 Å². The predicted molar refractivity (Wildman–Crippen MR) is 89.9 cm³/mol. The van der Waals surface area contributed by atoms with Gasteiger partial charge in [-0.2, -0.15) is 17.5 Å². The zero-order valence-electron chi connectivity index (χ0n) is 13.0. The first-order valence-electron chi connectivity index (χ1n) is 7.39. The predicted octanol–water partition coefficient (Wildman–Crippen LogP) is 2.70. The number of halogens is 4. The fourth-order valence-electron chi connectivity index (χ4n) is 2.98. The van der Waals surface area contributed by atoms with Gasteiger partial charge in [0.2, 0.25) is 10.0 Å². The fourth-order valence-corrected chi connectivity index (χ4v) is 4.89. The van der Waals surface area contributed by atoms with Crippen LogP contribution in [0.5, 0.6) is 0 Å². The van der Waals surface area contributed by atoms with E-state index in [0.717, 1.165) is 0 Å². The highest BCUT2D eigenvalue weighted by Crippen LogP contribution is 2.36. The summed E-state index contributed by atoms with van der Waals surface area (Å²) in [5, 5.41) is 0.292. The zero-order chi connectivity index (χ0) is 17.5. The van der Waals surface area contributed by atoms with Crippen LogP contribution in [-0.2, 0) is 10.0 Å². The van der Waals surface area contributed by atoms with Gasteiger partial charge in [-0.1, -0.05) is 6.07 Å². The number of piperidine rings is 1. The second-order valence-electron chi connectivity index (χ2n) is 5.80. The molecule has 2 unspecified atom stereocenters. The second-order valence-corrected chi connectivity index (χ2v) is 7.65. The van der Waals surface area contributed by atoms with Crippen LogP contribution in [-0.4, -0.2) is 42.5 Å². The molecule has 1 aliphatic rings. The van der Waals surface area contributed by atoms with E-state index < -0.39 is 28.3 Å². The number of benzene rings is 1. The molecule has 2 atom stereocenters. The fraction of sp³-hybridized carbons (Fsp3) is 0.400. The van der Waals surface area contributed by atoms with E-state index in [1.165, 1.54) is 24.4 Å². The minimum absolute atomic E-state index is 0. The molecule has 10 heteroatoms. The number of hydrogen-bond donors (Lipinski definition) is 1. The average Bonchev–Trinajstić information content (AvgIpc) is 2.53. The van der Waals surface area contributed by atoms with E-state index in [0.29, 0.717) is 15.2 Å². The molecule has 1 aliphatic heterocycles. The van der Waals surface area contributed by atoms with E-state index in [1.54, 1.807) is 12.1 Å². The Morgan fingerprint density at radius 3 is 2.56 bits per heavy atom. The van der Waals surface area contributed by atoms with Gasteiger partial charge in [0.25, 0.3) is 0 Å². The highest BCUT2D eigenvalue weighted by Gasteiger charge is 2.50. The Morgan fingerprint density at radius 1 is 1.16 bits per heavy atom. The Hall–Kier alpha value is -1.42. The van der Waals surface area contributed by atoms with Gasteiger partial charge in [-0.3, -0.25) is 4.98 Å². The van der Waals surface area contributed by atoms with Gasteiger partial charge >= 0.3 is 6.18 Å². The summed E-state index contributed by atoms with van der Waals surface area (Å²) in [7, 11) is -4.36. The molecule has 2 N–H and O–H groups in total. The SMILES string of the molecule is Cl.NC1CCC(C(F)(F)F)N(S(=O)(=O)c2cccc3ncccc23)C1. The Labute approximate surface area is 149 Å². The number of rotatable bonds is 2. The quantitative estimate of drug-likeness (QED) is 0.848. The summed E-state index contributed by atoms with van der Waals surface area (Å²) in [6.45, 7) is -0.358. The molecule has 2 aromatic rings. The van der Waals surface area contributed by atoms with Crippen LogP contribution >= 0.6 is 12.4 Å². The summed E-state index contributed by atoms with van der Waals surface area (Å²) in [6.07, 6.45) is -3.36. The maximum Gasteiger partial charge on any atom is 0.405 e. The minimum Gasteiger partial charge on any atom is -0.327 e. The van der Waals surface area contributed by atoms with Crippen molar-refractivity contribution in [2.24, 2.45) is 5.73 Å². The standard InChI is InChI=1S/C15H16F3N3O2S.ClH/c16-15(17,18)14-7-6-10(19)9-21(14)24(22,23)13-5-1-4-12-11(13)3-2-8-20-12;/h1-5,8,10,14H,6-7,9,19H2;1H. The van der Waals surface area contributed by atoms with Crippen LogP contribution in [0.3, 0.4) is 0 Å². The van der Waals surface area contributed by atoms with Gasteiger partial charge in [0, 0.05) is 24.2 Å². The van der Waals surface area contributed by atoms with Gasteiger partial charge in [0.05, 0.1) is 10.4 Å². The molecule has 3 rings (SSSR count). The molecule has 0 spiro atoms. The van der Waals surface area contributed by atoms with Gasteiger partial charge in [-0.05, 0) is 37.1 Å². The summed E-state index contributed by atoms with van der Waals surface area (Å²) in [5.74, 6) is 0. The molecule has 2 heterocycles. The van der Waals surface area contributed by atoms with E-state index >= 15 is 0 Å². The van der Waals surface area contributed by atoms with Crippen molar-refractivity contribution in [2.45, 2.75) is 36.0 Å². The largest absolute Gasteiger partial charge is 0.405 e. The van der Waals surface area contributed by atoms with Crippen LogP contribution in [0.1, 0.15) is 12.8 Å². The van der Waals surface area contributed by atoms with Crippen molar-refractivity contribution in [3.8, 4) is 0 Å². The van der Waals surface area contributed by atoms with Crippen molar-refractivity contribution >= 4 is 33.3 Å². The smallest absolute Gasteiger partial charge is 0.327 e. The van der Waals surface area contributed by atoms with Crippen molar-refractivity contribution in [2.75, 3.05) is 6.54 Å². The lowest BCUT2D eigenvalue weighted by Gasteiger charge is -2.38. The number of nitrogens with zero attached hydrogens (tertiary/aromatic N) is 2. The molecule has 0 saturated carbocycles. The lowest BCUT2D eigenvalue weighted by atomic mass is 10.0. The first-order chi connectivity index (χ1) is 11.2. The molecule has 5 nitrogen and oxygen atoms in total.